The van der Waals surface area contributed by atoms with Crippen molar-refractivity contribution in [2.75, 3.05) is 6.61 Å². The third-order valence-corrected chi connectivity index (χ3v) is 1.50. The minimum absolute atomic E-state index is 0.210. The van der Waals surface area contributed by atoms with Crippen molar-refractivity contribution < 1.29 is 14.3 Å². The molecule has 1 saturated heterocycles. The van der Waals surface area contributed by atoms with Crippen molar-refractivity contribution in [3.05, 3.63) is 11.6 Å². The standard InChI is InChI=1S/C7H8O3/c1-2-6-5(3-8)4-10-7(6)9/h2-3,5H,4H2,1H3/b6-2-. The highest BCUT2D eigenvalue weighted by Crippen LogP contribution is 2.18. The van der Waals surface area contributed by atoms with E-state index in [2.05, 4.69) is 4.74 Å². The zero-order valence-electron chi connectivity index (χ0n) is 5.66. The fraction of sp³-hybridized carbons (Fsp3) is 0.429. The summed E-state index contributed by atoms with van der Waals surface area (Å²) in [6.07, 6.45) is 2.36. The highest BCUT2D eigenvalue weighted by molar-refractivity contribution is 5.95. The highest BCUT2D eigenvalue weighted by atomic mass is 16.5. The number of ether oxygens (including phenoxy) is 1. The molecule has 1 unspecified atom stereocenters. The van der Waals surface area contributed by atoms with Gasteiger partial charge in [0.15, 0.2) is 0 Å². The van der Waals surface area contributed by atoms with E-state index >= 15 is 0 Å². The average molecular weight is 140 g/mol. The van der Waals surface area contributed by atoms with E-state index in [0.717, 1.165) is 6.29 Å². The van der Waals surface area contributed by atoms with Gasteiger partial charge < -0.3 is 9.53 Å². The average Bonchev–Trinajstić information content (AvgIpc) is 2.30. The lowest BCUT2D eigenvalue weighted by molar-refractivity contribution is -0.135. The molecule has 0 radical (unpaired) electrons. The highest BCUT2D eigenvalue weighted by Gasteiger charge is 2.28. The number of esters is 1. The van der Waals surface area contributed by atoms with E-state index in [9.17, 15) is 9.59 Å². The largest absolute Gasteiger partial charge is 0.461 e. The third-order valence-electron chi connectivity index (χ3n) is 1.50. The molecule has 1 fully saturated rings. The number of hydrogen-bond donors (Lipinski definition) is 0. The summed E-state index contributed by atoms with van der Waals surface area (Å²) in [5.41, 5.74) is 0.481. The number of carbonyl (C=O) groups is 2. The molecule has 3 nitrogen and oxygen atoms in total. The molecule has 0 aromatic heterocycles. The van der Waals surface area contributed by atoms with E-state index in [1.807, 2.05) is 0 Å². The Balaban J connectivity index is 2.82. The molecule has 10 heavy (non-hydrogen) atoms. The van der Waals surface area contributed by atoms with E-state index in [-0.39, 0.29) is 18.5 Å². The van der Waals surface area contributed by atoms with Gasteiger partial charge in [-0.25, -0.2) is 4.79 Å². The molecule has 0 amide bonds. The van der Waals surface area contributed by atoms with Crippen LogP contribution in [0, 0.1) is 5.92 Å². The van der Waals surface area contributed by atoms with Crippen LogP contribution in [0.1, 0.15) is 6.92 Å². The first kappa shape index (κ1) is 6.99. The molecule has 0 spiro atoms. The summed E-state index contributed by atoms with van der Waals surface area (Å²) in [6.45, 7) is 1.93. The monoisotopic (exact) mass is 140 g/mol. The van der Waals surface area contributed by atoms with E-state index in [1.165, 1.54) is 0 Å². The van der Waals surface area contributed by atoms with Gasteiger partial charge in [0, 0.05) is 5.57 Å². The summed E-state index contributed by atoms with van der Waals surface area (Å²) in [7, 11) is 0. The first-order valence-corrected chi connectivity index (χ1v) is 3.08. The maximum absolute atomic E-state index is 10.7. The minimum Gasteiger partial charge on any atom is -0.461 e. The van der Waals surface area contributed by atoms with Crippen molar-refractivity contribution in [1.82, 2.24) is 0 Å². The van der Waals surface area contributed by atoms with Crippen molar-refractivity contribution >= 4 is 12.3 Å². The Kier molecular flexibility index (Phi) is 1.85. The maximum Gasteiger partial charge on any atom is 0.334 e. The normalized spacial score (nSPS) is 28.7. The topological polar surface area (TPSA) is 43.4 Å². The second kappa shape index (κ2) is 2.64. The summed E-state index contributed by atoms with van der Waals surface area (Å²) >= 11 is 0. The van der Waals surface area contributed by atoms with Gasteiger partial charge in [-0.1, -0.05) is 6.08 Å². The predicted molar refractivity (Wildman–Crippen MR) is 34.3 cm³/mol. The molecule has 1 rings (SSSR count). The number of allylic oxidation sites excluding steroid dienone is 1. The van der Waals surface area contributed by atoms with Crippen LogP contribution in [-0.4, -0.2) is 18.9 Å². The molecular formula is C7H8O3. The molecule has 0 aliphatic carbocycles. The maximum atomic E-state index is 10.7. The van der Waals surface area contributed by atoms with Crippen LogP contribution < -0.4 is 0 Å². The van der Waals surface area contributed by atoms with Crippen LogP contribution in [0.4, 0.5) is 0 Å². The van der Waals surface area contributed by atoms with Gasteiger partial charge in [-0.2, -0.15) is 0 Å². The Labute approximate surface area is 58.7 Å². The molecule has 0 aromatic rings. The zero-order chi connectivity index (χ0) is 7.56. The Hall–Kier alpha value is -1.12. The van der Waals surface area contributed by atoms with Crippen LogP contribution >= 0.6 is 0 Å². The molecule has 1 aliphatic heterocycles. The zero-order valence-corrected chi connectivity index (χ0v) is 5.66. The molecule has 54 valence electrons. The lowest BCUT2D eigenvalue weighted by Gasteiger charge is -1.92. The quantitative estimate of drug-likeness (QED) is 0.299. The van der Waals surface area contributed by atoms with Gasteiger partial charge in [0.2, 0.25) is 0 Å². The van der Waals surface area contributed by atoms with Gasteiger partial charge in [0.05, 0.1) is 5.92 Å². The van der Waals surface area contributed by atoms with Gasteiger partial charge in [0.1, 0.15) is 12.9 Å². The molecule has 1 atom stereocenters. The summed E-state index contributed by atoms with van der Waals surface area (Å²) in [4.78, 5) is 21.0. The number of hydrogen-bond acceptors (Lipinski definition) is 3. The van der Waals surface area contributed by atoms with Crippen molar-refractivity contribution in [1.29, 1.82) is 0 Å². The number of rotatable bonds is 1. The van der Waals surface area contributed by atoms with Gasteiger partial charge in [-0.15, -0.1) is 0 Å². The fourth-order valence-electron chi connectivity index (χ4n) is 0.934. The molecule has 0 aromatic carbocycles. The van der Waals surface area contributed by atoms with Gasteiger partial charge in [0.25, 0.3) is 0 Å². The van der Waals surface area contributed by atoms with Crippen molar-refractivity contribution in [2.24, 2.45) is 5.92 Å². The van der Waals surface area contributed by atoms with Gasteiger partial charge in [-0.3, -0.25) is 0 Å². The molecule has 0 bridgehead atoms. The SMILES string of the molecule is C/C=C1\C(=O)OCC1C=O. The molecule has 0 N–H and O–H groups in total. The molecule has 1 heterocycles. The number of carbonyl (C=O) groups excluding carboxylic acids is 2. The van der Waals surface area contributed by atoms with E-state index in [4.69, 9.17) is 0 Å². The van der Waals surface area contributed by atoms with Crippen LogP contribution in [0.3, 0.4) is 0 Å². The molecular weight excluding hydrogens is 132 g/mol. The first-order chi connectivity index (χ1) is 4.79. The lowest BCUT2D eigenvalue weighted by Crippen LogP contribution is -2.03. The van der Waals surface area contributed by atoms with Crippen LogP contribution in [0.15, 0.2) is 11.6 Å². The smallest absolute Gasteiger partial charge is 0.334 e. The summed E-state index contributed by atoms with van der Waals surface area (Å²) < 4.78 is 4.62. The van der Waals surface area contributed by atoms with Crippen LogP contribution in [-0.2, 0) is 14.3 Å². The second-order valence-electron chi connectivity index (χ2n) is 2.09. The van der Waals surface area contributed by atoms with Crippen molar-refractivity contribution in [3.63, 3.8) is 0 Å². The Morgan fingerprint density at radius 2 is 2.40 bits per heavy atom. The molecule has 1 aliphatic rings. The number of aldehydes is 1. The van der Waals surface area contributed by atoms with Gasteiger partial charge in [-0.05, 0) is 6.92 Å². The van der Waals surface area contributed by atoms with E-state index < -0.39 is 0 Å². The van der Waals surface area contributed by atoms with Crippen molar-refractivity contribution in [3.8, 4) is 0 Å². The predicted octanol–water partition coefficient (Wildman–Crippen LogP) is 0.305. The van der Waals surface area contributed by atoms with Crippen LogP contribution in [0.2, 0.25) is 0 Å². The van der Waals surface area contributed by atoms with E-state index in [0.29, 0.717) is 5.57 Å². The summed E-state index contributed by atoms with van der Waals surface area (Å²) in [5, 5.41) is 0. The van der Waals surface area contributed by atoms with E-state index in [1.54, 1.807) is 13.0 Å². The van der Waals surface area contributed by atoms with Crippen LogP contribution in [0.25, 0.3) is 0 Å². The Morgan fingerprint density at radius 1 is 1.70 bits per heavy atom. The fourth-order valence-corrected chi connectivity index (χ4v) is 0.934. The third kappa shape index (κ3) is 0.943. The van der Waals surface area contributed by atoms with Crippen LogP contribution in [0.5, 0.6) is 0 Å². The van der Waals surface area contributed by atoms with Crippen molar-refractivity contribution in [2.45, 2.75) is 6.92 Å². The molecule has 0 saturated carbocycles. The lowest BCUT2D eigenvalue weighted by atomic mass is 10.0. The number of cyclic esters (lactones) is 1. The minimum atomic E-state index is -0.361. The Morgan fingerprint density at radius 3 is 2.80 bits per heavy atom. The first-order valence-electron chi connectivity index (χ1n) is 3.08. The Bertz CT molecular complexity index is 193. The second-order valence-corrected chi connectivity index (χ2v) is 2.09. The summed E-state index contributed by atoms with van der Waals surface area (Å²) in [6, 6.07) is 0. The molecule has 3 heteroatoms. The van der Waals surface area contributed by atoms with Gasteiger partial charge >= 0.3 is 5.97 Å². The summed E-state index contributed by atoms with van der Waals surface area (Å²) in [5.74, 6) is -0.697.